The Balaban J connectivity index is 1.66. The van der Waals surface area contributed by atoms with Gasteiger partial charge in [0, 0.05) is 18.5 Å². The minimum Gasteiger partial charge on any atom is -0.360 e. The Morgan fingerprint density at radius 1 is 1.29 bits per heavy atom. The van der Waals surface area contributed by atoms with Crippen LogP contribution in [0.4, 0.5) is 0 Å². The van der Waals surface area contributed by atoms with Crippen LogP contribution in [0.15, 0.2) is 40.9 Å². The van der Waals surface area contributed by atoms with Crippen LogP contribution in [-0.2, 0) is 0 Å². The van der Waals surface area contributed by atoms with Crippen LogP contribution in [0, 0.1) is 0 Å². The van der Waals surface area contributed by atoms with Gasteiger partial charge in [0.15, 0.2) is 5.69 Å². The van der Waals surface area contributed by atoms with Gasteiger partial charge in [0.2, 0.25) is 0 Å². The molecule has 1 aromatic carbocycles. The van der Waals surface area contributed by atoms with Gasteiger partial charge in [0.25, 0.3) is 5.91 Å². The third-order valence-electron chi connectivity index (χ3n) is 4.63. The third-order valence-corrected chi connectivity index (χ3v) is 4.63. The first-order valence-electron chi connectivity index (χ1n) is 8.76. The first-order chi connectivity index (χ1) is 11.7. The maximum absolute atomic E-state index is 12.4. The molecule has 1 unspecified atom stereocenters. The van der Waals surface area contributed by atoms with Crippen LogP contribution in [-0.4, -0.2) is 35.6 Å². The van der Waals surface area contributed by atoms with Crippen LogP contribution in [0.1, 0.15) is 60.5 Å². The number of nitrogens with zero attached hydrogens (tertiary/aromatic N) is 2. The summed E-state index contributed by atoms with van der Waals surface area (Å²) in [5, 5.41) is 6.93. The quantitative estimate of drug-likeness (QED) is 0.807. The minimum atomic E-state index is -0.168. The van der Waals surface area contributed by atoms with Crippen molar-refractivity contribution in [3.63, 3.8) is 0 Å². The van der Waals surface area contributed by atoms with Crippen LogP contribution >= 0.6 is 0 Å². The lowest BCUT2D eigenvalue weighted by atomic mass is 10.1. The molecule has 5 nitrogen and oxygen atoms in total. The molecule has 24 heavy (non-hydrogen) atoms. The predicted molar refractivity (Wildman–Crippen MR) is 92.9 cm³/mol. The van der Waals surface area contributed by atoms with Crippen LogP contribution in [0.2, 0.25) is 0 Å². The highest BCUT2D eigenvalue weighted by Crippen LogP contribution is 2.40. The maximum Gasteiger partial charge on any atom is 0.273 e. The zero-order valence-electron chi connectivity index (χ0n) is 14.4. The molecule has 1 aromatic heterocycles. The standard InChI is InChI=1S/C19H25N3O2/c1-3-22(4-2)17(14-8-6-5-7-9-14)13-20-19(23)16-12-18(24-21-16)15-10-11-15/h5-9,12,15,17H,3-4,10-11,13H2,1-2H3,(H,20,23). The van der Waals surface area contributed by atoms with Gasteiger partial charge in [-0.3, -0.25) is 9.69 Å². The Kier molecular flexibility index (Phi) is 5.30. The van der Waals surface area contributed by atoms with Crippen LogP contribution < -0.4 is 5.32 Å². The second-order valence-corrected chi connectivity index (χ2v) is 6.25. The fourth-order valence-electron chi connectivity index (χ4n) is 3.03. The van der Waals surface area contributed by atoms with Crippen LogP contribution in [0.3, 0.4) is 0 Å². The second-order valence-electron chi connectivity index (χ2n) is 6.25. The van der Waals surface area contributed by atoms with Crippen molar-refractivity contribution in [3.8, 4) is 0 Å². The third kappa shape index (κ3) is 3.85. The molecular formula is C19H25N3O2. The highest BCUT2D eigenvalue weighted by atomic mass is 16.5. The van der Waals surface area contributed by atoms with E-state index in [2.05, 4.69) is 41.4 Å². The summed E-state index contributed by atoms with van der Waals surface area (Å²) >= 11 is 0. The Morgan fingerprint density at radius 3 is 2.62 bits per heavy atom. The molecule has 1 fully saturated rings. The summed E-state index contributed by atoms with van der Waals surface area (Å²) in [4.78, 5) is 14.7. The van der Waals surface area contributed by atoms with Gasteiger partial charge in [-0.25, -0.2) is 0 Å². The molecule has 3 rings (SSSR count). The SMILES string of the molecule is CCN(CC)C(CNC(=O)c1cc(C2CC2)on1)c1ccccc1. The average Bonchev–Trinajstić information content (AvgIpc) is 3.36. The van der Waals surface area contributed by atoms with E-state index in [4.69, 9.17) is 4.52 Å². The number of carbonyl (C=O) groups is 1. The monoisotopic (exact) mass is 327 g/mol. The van der Waals surface area contributed by atoms with Gasteiger partial charge < -0.3 is 9.84 Å². The second kappa shape index (κ2) is 7.62. The lowest BCUT2D eigenvalue weighted by molar-refractivity contribution is 0.0926. The van der Waals surface area contributed by atoms with Crippen molar-refractivity contribution >= 4 is 5.91 Å². The van der Waals surface area contributed by atoms with Gasteiger partial charge in [-0.2, -0.15) is 0 Å². The number of benzene rings is 1. The topological polar surface area (TPSA) is 58.4 Å². The van der Waals surface area contributed by atoms with E-state index in [1.165, 1.54) is 5.56 Å². The van der Waals surface area contributed by atoms with Crippen molar-refractivity contribution in [1.29, 1.82) is 0 Å². The summed E-state index contributed by atoms with van der Waals surface area (Å²) in [6.07, 6.45) is 2.27. The highest BCUT2D eigenvalue weighted by molar-refractivity contribution is 5.92. The molecule has 1 saturated carbocycles. The van der Waals surface area contributed by atoms with E-state index < -0.39 is 0 Å². The van der Waals surface area contributed by atoms with Crippen molar-refractivity contribution in [2.45, 2.75) is 38.6 Å². The molecular weight excluding hydrogens is 302 g/mol. The number of nitrogens with one attached hydrogen (secondary N) is 1. The zero-order chi connectivity index (χ0) is 16.9. The van der Waals surface area contributed by atoms with Gasteiger partial charge in [-0.05, 0) is 31.5 Å². The number of amides is 1. The molecule has 0 aliphatic heterocycles. The Labute approximate surface area is 143 Å². The Bertz CT molecular complexity index is 660. The van der Waals surface area contributed by atoms with Gasteiger partial charge in [-0.15, -0.1) is 0 Å². The van der Waals surface area contributed by atoms with E-state index in [-0.39, 0.29) is 11.9 Å². The van der Waals surface area contributed by atoms with Gasteiger partial charge >= 0.3 is 0 Å². The molecule has 1 aliphatic carbocycles. The summed E-state index contributed by atoms with van der Waals surface area (Å²) < 4.78 is 5.27. The first kappa shape index (κ1) is 16.7. The number of hydrogen-bond acceptors (Lipinski definition) is 4. The first-order valence-corrected chi connectivity index (χ1v) is 8.76. The maximum atomic E-state index is 12.4. The Morgan fingerprint density at radius 2 is 2.00 bits per heavy atom. The summed E-state index contributed by atoms with van der Waals surface area (Å²) in [5.41, 5.74) is 1.59. The number of hydrogen-bond donors (Lipinski definition) is 1. The molecule has 2 aromatic rings. The number of carbonyl (C=O) groups excluding carboxylic acids is 1. The molecule has 0 bridgehead atoms. The van der Waals surface area contributed by atoms with Crippen LogP contribution in [0.25, 0.3) is 0 Å². The van der Waals surface area contributed by atoms with Crippen molar-refractivity contribution in [1.82, 2.24) is 15.4 Å². The minimum absolute atomic E-state index is 0.153. The molecule has 1 N–H and O–H groups in total. The normalized spacial score (nSPS) is 15.5. The van der Waals surface area contributed by atoms with E-state index in [0.29, 0.717) is 18.2 Å². The Hall–Kier alpha value is -2.14. The highest BCUT2D eigenvalue weighted by Gasteiger charge is 2.29. The van der Waals surface area contributed by atoms with Crippen LogP contribution in [0.5, 0.6) is 0 Å². The van der Waals surface area contributed by atoms with E-state index in [1.54, 1.807) is 6.07 Å². The van der Waals surface area contributed by atoms with E-state index >= 15 is 0 Å². The fourth-order valence-corrected chi connectivity index (χ4v) is 3.03. The molecule has 128 valence electrons. The van der Waals surface area contributed by atoms with E-state index in [0.717, 1.165) is 31.7 Å². The summed E-state index contributed by atoms with van der Waals surface area (Å²) in [6.45, 7) is 6.70. The largest absolute Gasteiger partial charge is 0.360 e. The molecule has 1 atom stereocenters. The summed E-state index contributed by atoms with van der Waals surface area (Å²) in [6, 6.07) is 12.2. The van der Waals surface area contributed by atoms with Crippen molar-refractivity contribution in [3.05, 3.63) is 53.4 Å². The van der Waals surface area contributed by atoms with Gasteiger partial charge in [0.05, 0.1) is 6.04 Å². The number of aromatic nitrogens is 1. The molecule has 5 heteroatoms. The number of likely N-dealkylation sites (N-methyl/N-ethyl adjacent to an activating group) is 1. The summed E-state index contributed by atoms with van der Waals surface area (Å²) in [5.74, 6) is 1.13. The number of rotatable bonds is 8. The molecule has 0 spiro atoms. The molecule has 0 saturated heterocycles. The lowest BCUT2D eigenvalue weighted by Gasteiger charge is -2.30. The molecule has 1 heterocycles. The predicted octanol–water partition coefficient (Wildman–Crippen LogP) is 3.36. The molecule has 0 radical (unpaired) electrons. The zero-order valence-corrected chi connectivity index (χ0v) is 14.4. The smallest absolute Gasteiger partial charge is 0.273 e. The summed E-state index contributed by atoms with van der Waals surface area (Å²) in [7, 11) is 0. The van der Waals surface area contributed by atoms with Gasteiger partial charge in [-0.1, -0.05) is 49.3 Å². The fraction of sp³-hybridized carbons (Fsp3) is 0.474. The average molecular weight is 327 g/mol. The van der Waals surface area contributed by atoms with Gasteiger partial charge in [0.1, 0.15) is 5.76 Å². The molecule has 1 aliphatic rings. The van der Waals surface area contributed by atoms with Crippen molar-refractivity contribution < 1.29 is 9.32 Å². The lowest BCUT2D eigenvalue weighted by Crippen LogP contribution is -2.38. The van der Waals surface area contributed by atoms with E-state index in [1.807, 2.05) is 18.2 Å². The van der Waals surface area contributed by atoms with E-state index in [9.17, 15) is 4.79 Å². The van der Waals surface area contributed by atoms with Crippen molar-refractivity contribution in [2.24, 2.45) is 0 Å². The van der Waals surface area contributed by atoms with Crippen molar-refractivity contribution in [2.75, 3.05) is 19.6 Å². The molecule has 1 amide bonds.